The summed E-state index contributed by atoms with van der Waals surface area (Å²) >= 11 is 0. The molecule has 2 N–H and O–H groups in total. The Labute approximate surface area is 159 Å². The maximum atomic E-state index is 12.1. The molecular weight excluding hydrogens is 360 g/mol. The molecule has 0 atom stereocenters. The lowest BCUT2D eigenvalue weighted by molar-refractivity contribution is -0.137. The van der Waals surface area contributed by atoms with E-state index >= 15 is 0 Å². The molecule has 3 aromatic heterocycles. The Kier molecular flexibility index (Phi) is 4.20. The second-order valence-electron chi connectivity index (χ2n) is 6.74. The monoisotopic (exact) mass is 378 g/mol. The average Bonchev–Trinajstić information content (AvgIpc) is 3.19. The molecule has 0 radical (unpaired) electrons. The van der Waals surface area contributed by atoms with Gasteiger partial charge in [-0.15, -0.1) is 0 Å². The van der Waals surface area contributed by atoms with Gasteiger partial charge in [0.2, 0.25) is 0 Å². The molecule has 0 bridgehead atoms. The Bertz CT molecular complexity index is 1250. The van der Waals surface area contributed by atoms with Gasteiger partial charge in [0.05, 0.1) is 17.8 Å². The van der Waals surface area contributed by atoms with Crippen molar-refractivity contribution in [2.75, 3.05) is 0 Å². The number of Topliss-reactive ketones (excluding diaryl/α,β-unsaturated/α-hetero) is 1. The van der Waals surface area contributed by atoms with Gasteiger partial charge in [-0.1, -0.05) is 0 Å². The van der Waals surface area contributed by atoms with Crippen LogP contribution in [0, 0.1) is 6.92 Å². The summed E-state index contributed by atoms with van der Waals surface area (Å²) in [5.41, 5.74) is 4.60. The molecule has 0 saturated heterocycles. The Morgan fingerprint density at radius 2 is 1.93 bits per heavy atom. The van der Waals surface area contributed by atoms with Crippen LogP contribution in [0.4, 0.5) is 0 Å². The van der Waals surface area contributed by atoms with Crippen LogP contribution in [0.15, 0.2) is 36.8 Å². The molecule has 3 heterocycles. The summed E-state index contributed by atoms with van der Waals surface area (Å²) in [4.78, 5) is 27.8. The highest BCUT2D eigenvalue weighted by Gasteiger charge is 2.18. The molecule has 0 amide bonds. The van der Waals surface area contributed by atoms with Crippen LogP contribution in [0.3, 0.4) is 0 Å². The Balaban J connectivity index is 1.97. The highest BCUT2D eigenvalue weighted by molar-refractivity contribution is 6.09. The number of aliphatic hydroxyl groups is 1. The number of hydrogen-bond acceptors (Lipinski definition) is 5. The smallest absolute Gasteiger partial charge is 0.323 e. The average molecular weight is 378 g/mol. The van der Waals surface area contributed by atoms with E-state index in [1.54, 1.807) is 16.8 Å². The minimum atomic E-state index is -1.02. The number of aryl methyl sites for hydroxylation is 1. The van der Waals surface area contributed by atoms with Gasteiger partial charge in [0.1, 0.15) is 6.54 Å². The van der Waals surface area contributed by atoms with E-state index in [4.69, 9.17) is 0 Å². The summed E-state index contributed by atoms with van der Waals surface area (Å²) in [5, 5.41) is 24.1. The number of aromatic nitrogens is 4. The summed E-state index contributed by atoms with van der Waals surface area (Å²) < 4.78 is 3.16. The molecular formula is C20H18N4O4. The van der Waals surface area contributed by atoms with E-state index in [0.717, 1.165) is 22.5 Å². The van der Waals surface area contributed by atoms with E-state index < -0.39 is 5.97 Å². The fourth-order valence-corrected chi connectivity index (χ4v) is 3.51. The van der Waals surface area contributed by atoms with E-state index in [9.17, 15) is 19.8 Å². The highest BCUT2D eigenvalue weighted by atomic mass is 16.4. The third kappa shape index (κ3) is 2.93. The molecule has 142 valence electrons. The van der Waals surface area contributed by atoms with Gasteiger partial charge in [0.15, 0.2) is 11.4 Å². The third-order valence-electron chi connectivity index (χ3n) is 4.68. The minimum Gasteiger partial charge on any atom is -0.480 e. The maximum Gasteiger partial charge on any atom is 0.323 e. The number of fused-ring (bicyclic) bond motifs is 2. The molecule has 0 unspecified atom stereocenters. The van der Waals surface area contributed by atoms with Crippen molar-refractivity contribution in [1.29, 1.82) is 0 Å². The zero-order valence-electron chi connectivity index (χ0n) is 15.4. The van der Waals surface area contributed by atoms with Crippen molar-refractivity contribution in [2.24, 2.45) is 0 Å². The molecule has 1 aromatic carbocycles. The lowest BCUT2D eigenvalue weighted by Crippen LogP contribution is -2.08. The van der Waals surface area contributed by atoms with Crippen LogP contribution in [-0.4, -0.2) is 41.1 Å². The van der Waals surface area contributed by atoms with E-state index in [2.05, 4.69) is 10.1 Å². The fourth-order valence-electron chi connectivity index (χ4n) is 3.51. The van der Waals surface area contributed by atoms with Crippen molar-refractivity contribution in [3.63, 3.8) is 0 Å². The number of ketones is 1. The van der Waals surface area contributed by atoms with Crippen LogP contribution in [0.5, 0.6) is 0 Å². The molecule has 28 heavy (non-hydrogen) atoms. The first kappa shape index (κ1) is 17.9. The second-order valence-corrected chi connectivity index (χ2v) is 6.74. The standard InChI is InChI=1S/C20H18N4O4/c1-11-3-18-21-6-15(7-24(18)22-11)13-4-14(10-25)20-16(5-13)17(12(2)26)8-23(20)9-19(27)28/h3-8,25H,9-10H2,1-2H3,(H,27,28). The van der Waals surface area contributed by atoms with Gasteiger partial charge in [-0.2, -0.15) is 5.10 Å². The first-order valence-corrected chi connectivity index (χ1v) is 8.69. The van der Waals surface area contributed by atoms with E-state index in [-0.39, 0.29) is 18.9 Å². The predicted molar refractivity (Wildman–Crippen MR) is 102 cm³/mol. The van der Waals surface area contributed by atoms with Gasteiger partial charge in [-0.25, -0.2) is 9.50 Å². The summed E-state index contributed by atoms with van der Waals surface area (Å²) in [6, 6.07) is 5.47. The van der Waals surface area contributed by atoms with Gasteiger partial charge in [-0.3, -0.25) is 9.59 Å². The summed E-state index contributed by atoms with van der Waals surface area (Å²) in [7, 11) is 0. The number of hydrogen-bond donors (Lipinski definition) is 2. The molecule has 4 rings (SSSR count). The van der Waals surface area contributed by atoms with Crippen LogP contribution < -0.4 is 0 Å². The Morgan fingerprint density at radius 3 is 2.61 bits per heavy atom. The van der Waals surface area contributed by atoms with Crippen molar-refractivity contribution in [3.8, 4) is 11.1 Å². The Morgan fingerprint density at radius 1 is 1.14 bits per heavy atom. The number of aliphatic carboxylic acids is 1. The van der Waals surface area contributed by atoms with Crippen molar-refractivity contribution in [2.45, 2.75) is 27.0 Å². The van der Waals surface area contributed by atoms with Crippen LogP contribution >= 0.6 is 0 Å². The molecule has 4 aromatic rings. The summed E-state index contributed by atoms with van der Waals surface area (Å²) in [6.07, 6.45) is 5.07. The van der Waals surface area contributed by atoms with Gasteiger partial charge in [-0.05, 0) is 31.5 Å². The molecule has 8 heteroatoms. The van der Waals surface area contributed by atoms with Gasteiger partial charge >= 0.3 is 5.97 Å². The summed E-state index contributed by atoms with van der Waals surface area (Å²) in [5.74, 6) is -1.20. The first-order chi connectivity index (χ1) is 13.4. The molecule has 0 spiro atoms. The van der Waals surface area contributed by atoms with Crippen LogP contribution in [0.2, 0.25) is 0 Å². The third-order valence-corrected chi connectivity index (χ3v) is 4.68. The maximum absolute atomic E-state index is 12.1. The first-order valence-electron chi connectivity index (χ1n) is 8.69. The minimum absolute atomic E-state index is 0.175. The van der Waals surface area contributed by atoms with Gasteiger partial charge < -0.3 is 14.8 Å². The SMILES string of the molecule is CC(=O)c1cn(CC(=O)O)c2c(CO)cc(-c3cnc4cc(C)nn4c3)cc12. The van der Waals surface area contributed by atoms with Crippen molar-refractivity contribution < 1.29 is 19.8 Å². The van der Waals surface area contributed by atoms with Crippen LogP contribution in [-0.2, 0) is 17.9 Å². The topological polar surface area (TPSA) is 110 Å². The fraction of sp³-hybridized carbons (Fsp3) is 0.200. The quantitative estimate of drug-likeness (QED) is 0.516. The van der Waals surface area contributed by atoms with Crippen molar-refractivity contribution in [1.82, 2.24) is 19.2 Å². The number of carboxylic acid groups (broad SMARTS) is 1. The van der Waals surface area contributed by atoms with E-state index in [0.29, 0.717) is 22.0 Å². The predicted octanol–water partition coefficient (Wildman–Crippen LogP) is 2.44. The van der Waals surface area contributed by atoms with Crippen molar-refractivity contribution >= 4 is 28.3 Å². The molecule has 0 fully saturated rings. The van der Waals surface area contributed by atoms with Gasteiger partial charge in [0.25, 0.3) is 0 Å². The largest absolute Gasteiger partial charge is 0.480 e. The number of nitrogens with zero attached hydrogens (tertiary/aromatic N) is 4. The second kappa shape index (κ2) is 6.58. The zero-order valence-corrected chi connectivity index (χ0v) is 15.4. The molecule has 0 aliphatic carbocycles. The van der Waals surface area contributed by atoms with Crippen LogP contribution in [0.1, 0.15) is 28.5 Å². The van der Waals surface area contributed by atoms with Crippen LogP contribution in [0.25, 0.3) is 27.7 Å². The number of rotatable bonds is 5. The number of carbonyl (C=O) groups excluding carboxylic acids is 1. The molecule has 8 nitrogen and oxygen atoms in total. The lowest BCUT2D eigenvalue weighted by Gasteiger charge is -2.10. The van der Waals surface area contributed by atoms with E-state index in [1.807, 2.05) is 25.3 Å². The number of benzene rings is 1. The lowest BCUT2D eigenvalue weighted by atomic mass is 10.00. The van der Waals surface area contributed by atoms with E-state index in [1.165, 1.54) is 17.7 Å². The number of carboxylic acids is 1. The number of carbonyl (C=O) groups is 2. The molecule has 0 aliphatic rings. The molecule has 0 saturated carbocycles. The van der Waals surface area contributed by atoms with Gasteiger partial charge in [0, 0.05) is 46.7 Å². The highest BCUT2D eigenvalue weighted by Crippen LogP contribution is 2.32. The molecule has 0 aliphatic heterocycles. The zero-order chi connectivity index (χ0) is 20.0. The normalized spacial score (nSPS) is 11.4. The van der Waals surface area contributed by atoms with Crippen molar-refractivity contribution in [3.05, 3.63) is 53.6 Å². The number of aliphatic hydroxyl groups excluding tert-OH is 1. The Hall–Kier alpha value is -3.52. The summed E-state index contributed by atoms with van der Waals surface area (Å²) in [6.45, 7) is 2.73.